The molecule has 0 fully saturated rings. The molecule has 0 aliphatic rings. The highest BCUT2D eigenvalue weighted by atomic mass is 28.4. The third-order valence-corrected chi connectivity index (χ3v) is 6.03. The molecular formula is C14H31NO2Si. The van der Waals surface area contributed by atoms with Gasteiger partial charge in [-0.1, -0.05) is 20.3 Å². The topological polar surface area (TPSA) is 30.8 Å². The minimum absolute atomic E-state index is 0.752. The van der Waals surface area contributed by atoms with Gasteiger partial charge in [0.2, 0.25) is 0 Å². The van der Waals surface area contributed by atoms with Crippen molar-refractivity contribution in [3.8, 4) is 0 Å². The summed E-state index contributed by atoms with van der Waals surface area (Å²) in [4.78, 5) is 4.68. The van der Waals surface area contributed by atoms with E-state index >= 15 is 0 Å². The zero-order valence-corrected chi connectivity index (χ0v) is 13.9. The summed E-state index contributed by atoms with van der Waals surface area (Å²) in [5.74, 6) is 0. The van der Waals surface area contributed by atoms with E-state index in [0.29, 0.717) is 0 Å². The fourth-order valence-corrected chi connectivity index (χ4v) is 4.48. The molecule has 0 aromatic rings. The van der Waals surface area contributed by atoms with Crippen LogP contribution in [-0.2, 0) is 8.85 Å². The van der Waals surface area contributed by atoms with Gasteiger partial charge in [-0.3, -0.25) is 4.99 Å². The first-order valence-electron chi connectivity index (χ1n) is 7.41. The van der Waals surface area contributed by atoms with Gasteiger partial charge in [0.05, 0.1) is 0 Å². The standard InChI is InChI=1S/C14H31NO2Si/c1-6-11-14(7-2)15-12-10-13-18(5,16-8-3)17-9-4/h6-13H2,1-5H3. The molecule has 0 aliphatic heterocycles. The van der Waals surface area contributed by atoms with E-state index in [1.165, 1.54) is 12.1 Å². The van der Waals surface area contributed by atoms with E-state index in [4.69, 9.17) is 8.85 Å². The van der Waals surface area contributed by atoms with E-state index < -0.39 is 8.56 Å². The van der Waals surface area contributed by atoms with Crippen molar-refractivity contribution in [1.82, 2.24) is 0 Å². The van der Waals surface area contributed by atoms with Crippen molar-refractivity contribution < 1.29 is 8.85 Å². The molecule has 0 spiro atoms. The van der Waals surface area contributed by atoms with Crippen molar-refractivity contribution in [2.45, 2.75) is 66.0 Å². The van der Waals surface area contributed by atoms with Gasteiger partial charge in [0.25, 0.3) is 0 Å². The van der Waals surface area contributed by atoms with Crippen molar-refractivity contribution in [2.24, 2.45) is 4.99 Å². The third-order valence-electron chi connectivity index (χ3n) is 2.97. The Morgan fingerprint density at radius 2 is 1.67 bits per heavy atom. The van der Waals surface area contributed by atoms with Gasteiger partial charge in [-0.25, -0.2) is 0 Å². The lowest BCUT2D eigenvalue weighted by molar-refractivity contribution is 0.188. The van der Waals surface area contributed by atoms with Crippen LogP contribution in [0.5, 0.6) is 0 Å². The summed E-state index contributed by atoms with van der Waals surface area (Å²) >= 11 is 0. The smallest absolute Gasteiger partial charge is 0.334 e. The summed E-state index contributed by atoms with van der Waals surface area (Å²) < 4.78 is 11.6. The van der Waals surface area contributed by atoms with Crippen LogP contribution in [0.15, 0.2) is 4.99 Å². The second kappa shape index (κ2) is 10.7. The van der Waals surface area contributed by atoms with Crippen molar-refractivity contribution in [2.75, 3.05) is 19.8 Å². The molecule has 0 aliphatic carbocycles. The lowest BCUT2D eigenvalue weighted by Gasteiger charge is -2.25. The van der Waals surface area contributed by atoms with Gasteiger partial charge < -0.3 is 8.85 Å². The van der Waals surface area contributed by atoms with Crippen LogP contribution in [0.4, 0.5) is 0 Å². The predicted molar refractivity (Wildman–Crippen MR) is 81.8 cm³/mol. The maximum absolute atomic E-state index is 5.82. The second-order valence-corrected chi connectivity index (χ2v) is 8.00. The van der Waals surface area contributed by atoms with Gasteiger partial charge in [0, 0.05) is 25.5 Å². The highest BCUT2D eigenvalue weighted by Crippen LogP contribution is 2.16. The molecule has 0 saturated heterocycles. The van der Waals surface area contributed by atoms with Crippen LogP contribution in [0.2, 0.25) is 12.6 Å². The van der Waals surface area contributed by atoms with E-state index in [2.05, 4.69) is 25.4 Å². The highest BCUT2D eigenvalue weighted by Gasteiger charge is 2.29. The Bertz CT molecular complexity index is 226. The van der Waals surface area contributed by atoms with Gasteiger partial charge in [-0.15, -0.1) is 0 Å². The first-order valence-corrected chi connectivity index (χ1v) is 9.94. The van der Waals surface area contributed by atoms with Gasteiger partial charge in [0.1, 0.15) is 0 Å². The van der Waals surface area contributed by atoms with Crippen LogP contribution in [0, 0.1) is 0 Å². The van der Waals surface area contributed by atoms with Crippen LogP contribution in [0.3, 0.4) is 0 Å². The van der Waals surface area contributed by atoms with E-state index in [0.717, 1.165) is 45.1 Å². The molecule has 0 N–H and O–H groups in total. The van der Waals surface area contributed by atoms with Crippen molar-refractivity contribution >= 4 is 14.3 Å². The SMILES string of the molecule is CCCC(CC)=NCCC[Si](C)(OCC)OCC. The molecular weight excluding hydrogens is 242 g/mol. The van der Waals surface area contributed by atoms with Crippen LogP contribution < -0.4 is 0 Å². The van der Waals surface area contributed by atoms with Gasteiger partial charge in [-0.05, 0) is 45.7 Å². The van der Waals surface area contributed by atoms with E-state index in [1.54, 1.807) is 0 Å². The minimum Gasteiger partial charge on any atom is -0.395 e. The molecule has 0 radical (unpaired) electrons. The lowest BCUT2D eigenvalue weighted by Crippen LogP contribution is -2.38. The highest BCUT2D eigenvalue weighted by molar-refractivity contribution is 6.66. The fourth-order valence-electron chi connectivity index (χ4n) is 2.09. The first-order chi connectivity index (χ1) is 8.61. The summed E-state index contributed by atoms with van der Waals surface area (Å²) in [5.41, 5.74) is 1.36. The predicted octanol–water partition coefficient (Wildman–Crippen LogP) is 4.17. The number of hydrogen-bond acceptors (Lipinski definition) is 3. The summed E-state index contributed by atoms with van der Waals surface area (Å²) in [7, 11) is -1.92. The Morgan fingerprint density at radius 1 is 1.06 bits per heavy atom. The maximum Gasteiger partial charge on any atom is 0.334 e. The number of aliphatic imine (C=N–C) groups is 1. The van der Waals surface area contributed by atoms with E-state index in [-0.39, 0.29) is 0 Å². The number of rotatable bonds is 11. The summed E-state index contributed by atoms with van der Waals surface area (Å²) in [6, 6.07) is 1.04. The Balaban J connectivity index is 4.05. The molecule has 4 heteroatoms. The molecule has 0 saturated carbocycles. The van der Waals surface area contributed by atoms with E-state index in [9.17, 15) is 0 Å². The number of nitrogens with zero attached hydrogens (tertiary/aromatic N) is 1. The normalized spacial score (nSPS) is 13.1. The molecule has 3 nitrogen and oxygen atoms in total. The van der Waals surface area contributed by atoms with Crippen LogP contribution in [0.1, 0.15) is 53.4 Å². The summed E-state index contributed by atoms with van der Waals surface area (Å²) in [5, 5.41) is 0. The molecule has 0 unspecified atom stereocenters. The van der Waals surface area contributed by atoms with Crippen LogP contribution in [-0.4, -0.2) is 34.0 Å². The average Bonchev–Trinajstić information content (AvgIpc) is 2.34. The Hall–Kier alpha value is -0.193. The van der Waals surface area contributed by atoms with E-state index in [1.807, 2.05) is 13.8 Å². The molecule has 108 valence electrons. The van der Waals surface area contributed by atoms with Crippen LogP contribution in [0.25, 0.3) is 0 Å². The zero-order valence-electron chi connectivity index (χ0n) is 12.9. The molecule has 0 heterocycles. The average molecular weight is 273 g/mol. The van der Waals surface area contributed by atoms with Crippen molar-refractivity contribution in [1.29, 1.82) is 0 Å². The fraction of sp³-hybridized carbons (Fsp3) is 0.929. The van der Waals surface area contributed by atoms with Crippen LogP contribution >= 0.6 is 0 Å². The molecule has 0 rings (SSSR count). The molecule has 0 amide bonds. The Labute approximate surface area is 114 Å². The monoisotopic (exact) mass is 273 g/mol. The molecule has 0 aromatic carbocycles. The minimum atomic E-state index is -1.92. The Morgan fingerprint density at radius 3 is 2.11 bits per heavy atom. The molecule has 0 atom stereocenters. The quantitative estimate of drug-likeness (QED) is 0.321. The lowest BCUT2D eigenvalue weighted by atomic mass is 10.2. The van der Waals surface area contributed by atoms with Gasteiger partial charge in [-0.2, -0.15) is 0 Å². The zero-order chi connectivity index (χ0) is 13.9. The maximum atomic E-state index is 5.82. The van der Waals surface area contributed by atoms with Gasteiger partial charge >= 0.3 is 8.56 Å². The first kappa shape index (κ1) is 17.8. The second-order valence-electron chi connectivity index (χ2n) is 4.65. The molecule has 0 bridgehead atoms. The van der Waals surface area contributed by atoms with Crippen molar-refractivity contribution in [3.63, 3.8) is 0 Å². The summed E-state index contributed by atoms with van der Waals surface area (Å²) in [6.45, 7) is 13.1. The Kier molecular flexibility index (Phi) is 10.6. The largest absolute Gasteiger partial charge is 0.395 e. The van der Waals surface area contributed by atoms with Gasteiger partial charge in [0.15, 0.2) is 0 Å². The molecule has 18 heavy (non-hydrogen) atoms. The summed E-state index contributed by atoms with van der Waals surface area (Å²) in [6.07, 6.45) is 4.49. The molecule has 0 aromatic heterocycles. The third kappa shape index (κ3) is 8.00. The number of hydrogen-bond donors (Lipinski definition) is 0. The van der Waals surface area contributed by atoms with Crippen molar-refractivity contribution in [3.05, 3.63) is 0 Å².